The van der Waals surface area contributed by atoms with E-state index in [1.807, 2.05) is 0 Å². The summed E-state index contributed by atoms with van der Waals surface area (Å²) in [6.07, 6.45) is 2.91. The van der Waals surface area contributed by atoms with Crippen LogP contribution in [0.2, 0.25) is 0 Å². The zero-order valence-electron chi connectivity index (χ0n) is 15.4. The second-order valence-electron chi connectivity index (χ2n) is 5.24. The summed E-state index contributed by atoms with van der Waals surface area (Å²) in [6.45, 7) is 0.178. The summed E-state index contributed by atoms with van der Waals surface area (Å²) in [5, 5.41) is 0. The molecule has 0 bridgehead atoms. The van der Waals surface area contributed by atoms with Crippen molar-refractivity contribution in [2.45, 2.75) is 4.90 Å². The number of ether oxygens (including phenoxy) is 4. The molecule has 0 aliphatic heterocycles. The smallest absolute Gasteiger partial charge is 0.330 e. The molecule has 0 unspecified atom stereocenters. The molecular weight excluding hydrogens is 371 g/mol. The molecule has 2 aromatic rings. The summed E-state index contributed by atoms with van der Waals surface area (Å²) in [4.78, 5) is 12.4. The van der Waals surface area contributed by atoms with Gasteiger partial charge >= 0.3 is 5.97 Å². The van der Waals surface area contributed by atoms with Crippen LogP contribution in [-0.2, 0) is 9.53 Å². The number of methoxy groups -OCH3 is 3. The topological polar surface area (TPSA) is 54.0 Å². The lowest BCUT2D eigenvalue weighted by Gasteiger charge is -2.12. The minimum Gasteiger partial charge on any atom is -0.493 e. The van der Waals surface area contributed by atoms with Crippen LogP contribution in [0.25, 0.3) is 6.08 Å². The fourth-order valence-corrected chi connectivity index (χ4v) is 3.03. The molecule has 0 spiro atoms. The number of carbonyl (C=O) groups is 1. The molecule has 0 aliphatic rings. The quantitative estimate of drug-likeness (QED) is 0.276. The van der Waals surface area contributed by atoms with Gasteiger partial charge in [0.05, 0.1) is 21.3 Å². The van der Waals surface area contributed by atoms with Crippen molar-refractivity contribution in [1.82, 2.24) is 0 Å². The maximum Gasteiger partial charge on any atom is 0.330 e. The maximum atomic E-state index is 13.5. The molecule has 0 amide bonds. The first-order valence-electron chi connectivity index (χ1n) is 8.11. The van der Waals surface area contributed by atoms with Crippen LogP contribution in [0.3, 0.4) is 0 Å². The van der Waals surface area contributed by atoms with Crippen molar-refractivity contribution < 1.29 is 28.1 Å². The summed E-state index contributed by atoms with van der Waals surface area (Å²) in [5.74, 6) is 1.15. The van der Waals surface area contributed by atoms with E-state index in [0.717, 1.165) is 0 Å². The fourth-order valence-electron chi connectivity index (χ4n) is 2.27. The first-order valence-corrected chi connectivity index (χ1v) is 9.09. The van der Waals surface area contributed by atoms with Crippen molar-refractivity contribution >= 4 is 23.8 Å². The molecule has 27 heavy (non-hydrogen) atoms. The van der Waals surface area contributed by atoms with Crippen molar-refractivity contribution in [3.63, 3.8) is 0 Å². The SMILES string of the molecule is COc1cc(/C=C/C(=O)OCCSc2ccccc2F)cc(OC)c1OC. The maximum absolute atomic E-state index is 13.5. The second-order valence-corrected chi connectivity index (χ2v) is 6.38. The molecule has 0 N–H and O–H groups in total. The lowest BCUT2D eigenvalue weighted by molar-refractivity contribution is -0.137. The molecule has 0 radical (unpaired) electrons. The number of thioether (sulfide) groups is 1. The third kappa shape index (κ3) is 5.92. The van der Waals surface area contributed by atoms with Crippen molar-refractivity contribution in [2.24, 2.45) is 0 Å². The van der Waals surface area contributed by atoms with Gasteiger partial charge in [0.15, 0.2) is 11.5 Å². The third-order valence-corrected chi connectivity index (χ3v) is 4.53. The van der Waals surface area contributed by atoms with Gasteiger partial charge in [-0.15, -0.1) is 11.8 Å². The van der Waals surface area contributed by atoms with E-state index >= 15 is 0 Å². The minimum atomic E-state index is -0.488. The number of carbonyl (C=O) groups excluding carboxylic acids is 1. The number of hydrogen-bond donors (Lipinski definition) is 0. The standard InChI is InChI=1S/C20H21FO5S/c1-23-16-12-14(13-17(24-2)20(16)25-3)8-9-19(22)26-10-11-27-18-7-5-4-6-15(18)21/h4-9,12-13H,10-11H2,1-3H3/b9-8+. The number of hydrogen-bond acceptors (Lipinski definition) is 6. The van der Waals surface area contributed by atoms with Crippen molar-refractivity contribution in [1.29, 1.82) is 0 Å². The Morgan fingerprint density at radius 1 is 1.07 bits per heavy atom. The minimum absolute atomic E-state index is 0.178. The van der Waals surface area contributed by atoms with Crippen LogP contribution in [0, 0.1) is 5.82 Å². The van der Waals surface area contributed by atoms with Gasteiger partial charge in [0.25, 0.3) is 0 Å². The van der Waals surface area contributed by atoms with Crippen LogP contribution in [0.5, 0.6) is 17.2 Å². The Labute approximate surface area is 162 Å². The van der Waals surface area contributed by atoms with E-state index < -0.39 is 5.97 Å². The lowest BCUT2D eigenvalue weighted by atomic mass is 10.1. The van der Waals surface area contributed by atoms with Gasteiger partial charge in [-0.05, 0) is 35.9 Å². The molecule has 7 heteroatoms. The fraction of sp³-hybridized carbons (Fsp3) is 0.250. The second kappa shape index (κ2) is 10.5. The van der Waals surface area contributed by atoms with E-state index in [1.165, 1.54) is 45.2 Å². The lowest BCUT2D eigenvalue weighted by Crippen LogP contribution is -2.04. The van der Waals surface area contributed by atoms with E-state index in [9.17, 15) is 9.18 Å². The first-order chi connectivity index (χ1) is 13.1. The zero-order valence-corrected chi connectivity index (χ0v) is 16.2. The Bertz CT molecular complexity index is 782. The van der Waals surface area contributed by atoms with Crippen LogP contribution < -0.4 is 14.2 Å². The normalized spacial score (nSPS) is 10.7. The molecule has 0 fully saturated rings. The van der Waals surface area contributed by atoms with Gasteiger partial charge in [-0.3, -0.25) is 0 Å². The molecule has 0 atom stereocenters. The van der Waals surface area contributed by atoms with Gasteiger partial charge < -0.3 is 18.9 Å². The highest BCUT2D eigenvalue weighted by Crippen LogP contribution is 2.38. The molecule has 0 saturated heterocycles. The van der Waals surface area contributed by atoms with Gasteiger partial charge in [-0.25, -0.2) is 9.18 Å². The van der Waals surface area contributed by atoms with E-state index in [1.54, 1.807) is 36.4 Å². The van der Waals surface area contributed by atoms with E-state index in [2.05, 4.69) is 0 Å². The van der Waals surface area contributed by atoms with Crippen LogP contribution in [0.4, 0.5) is 4.39 Å². The Morgan fingerprint density at radius 2 is 1.74 bits per heavy atom. The summed E-state index contributed by atoms with van der Waals surface area (Å²) in [7, 11) is 4.56. The average Bonchev–Trinajstić information content (AvgIpc) is 2.69. The molecule has 144 valence electrons. The highest BCUT2D eigenvalue weighted by molar-refractivity contribution is 7.99. The van der Waals surface area contributed by atoms with Crippen molar-refractivity contribution in [2.75, 3.05) is 33.7 Å². The molecule has 2 aromatic carbocycles. The average molecular weight is 392 g/mol. The Hall–Kier alpha value is -2.67. The molecular formula is C20H21FO5S. The first kappa shape index (κ1) is 20.6. The van der Waals surface area contributed by atoms with E-state index in [0.29, 0.717) is 33.5 Å². The number of rotatable bonds is 9. The Morgan fingerprint density at radius 3 is 2.33 bits per heavy atom. The van der Waals surface area contributed by atoms with Gasteiger partial charge in [-0.2, -0.15) is 0 Å². The summed E-state index contributed by atoms with van der Waals surface area (Å²) in [5.41, 5.74) is 0.696. The van der Waals surface area contributed by atoms with E-state index in [-0.39, 0.29) is 12.4 Å². The van der Waals surface area contributed by atoms with Crippen LogP contribution in [0.15, 0.2) is 47.4 Å². The number of benzene rings is 2. The Balaban J connectivity index is 1.90. The molecule has 2 rings (SSSR count). The summed E-state index contributed by atoms with van der Waals surface area (Å²) < 4.78 is 34.4. The van der Waals surface area contributed by atoms with Crippen LogP contribution >= 0.6 is 11.8 Å². The molecule has 0 aliphatic carbocycles. The predicted octanol–water partition coefficient (Wildman–Crippen LogP) is 4.20. The molecule has 0 aromatic heterocycles. The third-order valence-electron chi connectivity index (χ3n) is 3.52. The van der Waals surface area contributed by atoms with Crippen molar-refractivity contribution in [3.8, 4) is 17.2 Å². The molecule has 5 nitrogen and oxygen atoms in total. The zero-order chi connectivity index (χ0) is 19.6. The summed E-state index contributed by atoms with van der Waals surface area (Å²) >= 11 is 1.29. The number of halogens is 1. The molecule has 0 heterocycles. The summed E-state index contributed by atoms with van der Waals surface area (Å²) in [6, 6.07) is 9.92. The van der Waals surface area contributed by atoms with Crippen LogP contribution in [0.1, 0.15) is 5.56 Å². The van der Waals surface area contributed by atoms with Crippen molar-refractivity contribution in [3.05, 3.63) is 53.9 Å². The highest BCUT2D eigenvalue weighted by atomic mass is 32.2. The van der Waals surface area contributed by atoms with Gasteiger partial charge in [0.2, 0.25) is 5.75 Å². The monoisotopic (exact) mass is 392 g/mol. The predicted molar refractivity (Wildman–Crippen MR) is 103 cm³/mol. The van der Waals surface area contributed by atoms with Gasteiger partial charge in [-0.1, -0.05) is 12.1 Å². The number of esters is 1. The van der Waals surface area contributed by atoms with E-state index in [4.69, 9.17) is 18.9 Å². The van der Waals surface area contributed by atoms with Gasteiger partial charge in [0.1, 0.15) is 12.4 Å². The Kier molecular flexibility index (Phi) is 8.00. The van der Waals surface area contributed by atoms with Gasteiger partial charge in [0, 0.05) is 16.7 Å². The largest absolute Gasteiger partial charge is 0.493 e. The van der Waals surface area contributed by atoms with Crippen LogP contribution in [-0.4, -0.2) is 39.7 Å². The molecule has 0 saturated carbocycles. The highest BCUT2D eigenvalue weighted by Gasteiger charge is 2.12.